The van der Waals surface area contributed by atoms with Crippen molar-refractivity contribution in [2.45, 2.75) is 31.1 Å². The number of aromatic hydroxyl groups is 1. The number of benzene rings is 1. The molecule has 7 nitrogen and oxygen atoms in total. The van der Waals surface area contributed by atoms with Crippen LogP contribution >= 0.6 is 0 Å². The van der Waals surface area contributed by atoms with Crippen LogP contribution < -0.4 is 0 Å². The first-order chi connectivity index (χ1) is 9.86. The third kappa shape index (κ3) is 3.16. The van der Waals surface area contributed by atoms with Crippen molar-refractivity contribution in [3.8, 4) is 5.75 Å². The molecule has 21 heavy (non-hydrogen) atoms. The topological polar surface area (TPSA) is 101 Å². The molecule has 2 rings (SSSR count). The number of nitrogens with zero attached hydrogens (tertiary/aromatic N) is 2. The molecule has 0 bridgehead atoms. The van der Waals surface area contributed by atoms with Crippen LogP contribution in [0, 0.1) is 16.0 Å². The van der Waals surface area contributed by atoms with Crippen LogP contribution in [0.3, 0.4) is 0 Å². The fourth-order valence-electron chi connectivity index (χ4n) is 2.62. The molecule has 1 saturated heterocycles. The zero-order chi connectivity index (χ0) is 15.6. The summed E-state index contributed by atoms with van der Waals surface area (Å²) in [7, 11) is -3.74. The van der Waals surface area contributed by atoms with Crippen molar-refractivity contribution < 1.29 is 18.4 Å². The second-order valence-electron chi connectivity index (χ2n) is 5.21. The number of phenolic OH excluding ortho intramolecular Hbond substituents is 1. The number of phenols is 1. The summed E-state index contributed by atoms with van der Waals surface area (Å²) in [6.45, 7) is 2.94. The molecular weight excluding hydrogens is 296 g/mol. The first kappa shape index (κ1) is 15.7. The average Bonchev–Trinajstić information content (AvgIpc) is 2.88. The van der Waals surface area contributed by atoms with Gasteiger partial charge in [0, 0.05) is 19.2 Å². The highest BCUT2D eigenvalue weighted by molar-refractivity contribution is 7.89. The van der Waals surface area contributed by atoms with Crippen molar-refractivity contribution >= 4 is 15.7 Å². The minimum atomic E-state index is -3.74. The molecule has 1 aromatic rings. The van der Waals surface area contributed by atoms with E-state index in [-0.39, 0.29) is 4.90 Å². The van der Waals surface area contributed by atoms with E-state index < -0.39 is 26.4 Å². The molecule has 1 aliphatic rings. The molecule has 0 radical (unpaired) electrons. The van der Waals surface area contributed by atoms with Gasteiger partial charge in [-0.15, -0.1) is 0 Å². The zero-order valence-corrected chi connectivity index (χ0v) is 12.5. The quantitative estimate of drug-likeness (QED) is 0.662. The Morgan fingerprint density at radius 2 is 2.19 bits per heavy atom. The summed E-state index contributed by atoms with van der Waals surface area (Å²) in [5, 5.41) is 20.2. The molecule has 1 fully saturated rings. The smallest absolute Gasteiger partial charge is 0.312 e. The minimum Gasteiger partial charge on any atom is -0.502 e. The van der Waals surface area contributed by atoms with Crippen molar-refractivity contribution in [2.75, 3.05) is 13.1 Å². The van der Waals surface area contributed by atoms with E-state index in [0.717, 1.165) is 31.4 Å². The Balaban J connectivity index is 2.28. The van der Waals surface area contributed by atoms with E-state index in [1.54, 1.807) is 0 Å². The van der Waals surface area contributed by atoms with Crippen molar-refractivity contribution in [1.82, 2.24) is 4.31 Å². The van der Waals surface area contributed by atoms with Gasteiger partial charge in [0.2, 0.25) is 10.0 Å². The standard InChI is InChI=1S/C13H18N2O5S/c1-2-3-10-6-7-14(9-10)21(19,20)11-4-5-13(16)12(8-11)15(17)18/h4-5,8,10,16H,2-3,6-7,9H2,1H3. The minimum absolute atomic E-state index is 0.149. The average molecular weight is 314 g/mol. The molecule has 1 atom stereocenters. The molecule has 1 aliphatic heterocycles. The van der Waals surface area contributed by atoms with Gasteiger partial charge in [0.05, 0.1) is 9.82 Å². The normalized spacial score (nSPS) is 19.8. The lowest BCUT2D eigenvalue weighted by Crippen LogP contribution is -2.28. The summed E-state index contributed by atoms with van der Waals surface area (Å²) >= 11 is 0. The Labute approximate surface area is 123 Å². The van der Waals surface area contributed by atoms with Gasteiger partial charge in [-0.2, -0.15) is 4.31 Å². The van der Waals surface area contributed by atoms with Gasteiger partial charge in [0.1, 0.15) is 0 Å². The second-order valence-corrected chi connectivity index (χ2v) is 7.15. The summed E-state index contributed by atoms with van der Waals surface area (Å²) < 4.78 is 26.3. The number of rotatable bonds is 5. The number of sulfonamides is 1. The highest BCUT2D eigenvalue weighted by Gasteiger charge is 2.33. The number of hydrogen-bond acceptors (Lipinski definition) is 5. The van der Waals surface area contributed by atoms with Crippen molar-refractivity contribution in [2.24, 2.45) is 5.92 Å². The van der Waals surface area contributed by atoms with E-state index in [1.807, 2.05) is 0 Å². The first-order valence-corrected chi connectivity index (χ1v) is 8.27. The molecule has 1 aromatic carbocycles. The van der Waals surface area contributed by atoms with Crippen LogP contribution in [0.4, 0.5) is 5.69 Å². The Hall–Kier alpha value is -1.67. The summed E-state index contributed by atoms with van der Waals surface area (Å²) in [5.74, 6) is -0.193. The lowest BCUT2D eigenvalue weighted by atomic mass is 10.0. The Morgan fingerprint density at radius 1 is 1.48 bits per heavy atom. The molecule has 1 heterocycles. The van der Waals surface area contributed by atoms with Crippen LogP contribution in [0.1, 0.15) is 26.2 Å². The van der Waals surface area contributed by atoms with Crippen LogP contribution in [-0.2, 0) is 10.0 Å². The molecule has 0 aromatic heterocycles. The molecule has 1 unspecified atom stereocenters. The van der Waals surface area contributed by atoms with Gasteiger partial charge < -0.3 is 5.11 Å². The molecule has 0 amide bonds. The number of nitro benzene ring substituents is 1. The van der Waals surface area contributed by atoms with E-state index in [9.17, 15) is 23.6 Å². The van der Waals surface area contributed by atoms with E-state index in [0.29, 0.717) is 19.0 Å². The van der Waals surface area contributed by atoms with Crippen molar-refractivity contribution in [3.05, 3.63) is 28.3 Å². The van der Waals surface area contributed by atoms with Gasteiger partial charge in [0.15, 0.2) is 5.75 Å². The fraction of sp³-hybridized carbons (Fsp3) is 0.538. The molecule has 8 heteroatoms. The fourth-order valence-corrected chi connectivity index (χ4v) is 4.17. The van der Waals surface area contributed by atoms with E-state index >= 15 is 0 Å². The van der Waals surface area contributed by atoms with Crippen molar-refractivity contribution in [1.29, 1.82) is 0 Å². The molecule has 1 N–H and O–H groups in total. The van der Waals surface area contributed by atoms with Gasteiger partial charge in [-0.3, -0.25) is 10.1 Å². The van der Waals surface area contributed by atoms with Gasteiger partial charge in [-0.25, -0.2) is 8.42 Å². The molecule has 116 valence electrons. The Bertz CT molecular complexity index is 644. The van der Waals surface area contributed by atoms with Gasteiger partial charge >= 0.3 is 5.69 Å². The van der Waals surface area contributed by atoms with Crippen LogP contribution in [0.15, 0.2) is 23.1 Å². The van der Waals surface area contributed by atoms with Crippen LogP contribution in [0.5, 0.6) is 5.75 Å². The predicted molar refractivity (Wildman–Crippen MR) is 76.5 cm³/mol. The predicted octanol–water partition coefficient (Wildman–Crippen LogP) is 2.11. The molecule has 0 aliphatic carbocycles. The van der Waals surface area contributed by atoms with E-state index in [2.05, 4.69) is 6.92 Å². The van der Waals surface area contributed by atoms with E-state index in [1.165, 1.54) is 10.4 Å². The van der Waals surface area contributed by atoms with Crippen molar-refractivity contribution in [3.63, 3.8) is 0 Å². The molecule has 0 spiro atoms. The number of nitro groups is 1. The van der Waals surface area contributed by atoms with Gasteiger partial charge in [0.25, 0.3) is 0 Å². The second kappa shape index (κ2) is 5.98. The highest BCUT2D eigenvalue weighted by Crippen LogP contribution is 2.32. The highest BCUT2D eigenvalue weighted by atomic mass is 32.2. The summed E-state index contributed by atoms with van der Waals surface area (Å²) in [6, 6.07) is 3.16. The summed E-state index contributed by atoms with van der Waals surface area (Å²) in [6.07, 6.45) is 2.79. The maximum Gasteiger partial charge on any atom is 0.312 e. The largest absolute Gasteiger partial charge is 0.502 e. The van der Waals surface area contributed by atoms with E-state index in [4.69, 9.17) is 0 Å². The molecular formula is C13H18N2O5S. The molecule has 0 saturated carbocycles. The maximum absolute atomic E-state index is 12.5. The lowest BCUT2D eigenvalue weighted by Gasteiger charge is -2.16. The maximum atomic E-state index is 12.5. The SMILES string of the molecule is CCCC1CCN(S(=O)(=O)c2ccc(O)c([N+](=O)[O-])c2)C1. The van der Waals surface area contributed by atoms with Crippen LogP contribution in [0.2, 0.25) is 0 Å². The zero-order valence-electron chi connectivity index (χ0n) is 11.7. The monoisotopic (exact) mass is 314 g/mol. The van der Waals surface area contributed by atoms with Gasteiger partial charge in [-0.05, 0) is 30.9 Å². The van der Waals surface area contributed by atoms with Crippen LogP contribution in [0.25, 0.3) is 0 Å². The summed E-state index contributed by atoms with van der Waals surface area (Å²) in [5.41, 5.74) is -0.597. The number of hydrogen-bond donors (Lipinski definition) is 1. The first-order valence-electron chi connectivity index (χ1n) is 6.83. The Kier molecular flexibility index (Phi) is 4.48. The third-order valence-corrected chi connectivity index (χ3v) is 5.59. The van der Waals surface area contributed by atoms with Crippen LogP contribution in [-0.4, -0.2) is 35.8 Å². The lowest BCUT2D eigenvalue weighted by molar-refractivity contribution is -0.386. The Morgan fingerprint density at radius 3 is 2.81 bits per heavy atom. The third-order valence-electron chi connectivity index (χ3n) is 3.73. The summed E-state index contributed by atoms with van der Waals surface area (Å²) in [4.78, 5) is 9.85. The van der Waals surface area contributed by atoms with Gasteiger partial charge in [-0.1, -0.05) is 13.3 Å².